The highest BCUT2D eigenvalue weighted by Gasteiger charge is 2.33. The van der Waals surface area contributed by atoms with Crippen LogP contribution in [-0.4, -0.2) is 20.5 Å². The number of aromatic nitrogens is 3. The number of hydrogen-bond acceptors (Lipinski definition) is 4. The molecule has 1 amide bonds. The molecule has 3 aromatic heterocycles. The fourth-order valence-corrected chi connectivity index (χ4v) is 3.57. The third-order valence-corrected chi connectivity index (χ3v) is 5.21. The zero-order valence-corrected chi connectivity index (χ0v) is 16.1. The van der Waals surface area contributed by atoms with Gasteiger partial charge in [-0.3, -0.25) is 4.79 Å². The molecule has 5 nitrogen and oxygen atoms in total. The number of fused-ring (bicyclic) bond motifs is 1. The Kier molecular flexibility index (Phi) is 5.01. The van der Waals surface area contributed by atoms with E-state index in [0.717, 1.165) is 10.6 Å². The predicted octanol–water partition coefficient (Wildman–Crippen LogP) is 4.82. The quantitative estimate of drug-likeness (QED) is 0.456. The molecule has 4 aromatic rings. The second-order valence-electron chi connectivity index (χ2n) is 6.08. The maximum atomic E-state index is 14.0. The number of hydrogen-bond donors (Lipinski definition) is 1. The molecule has 0 spiro atoms. The fourth-order valence-electron chi connectivity index (χ4n) is 2.75. The van der Waals surface area contributed by atoms with E-state index in [1.807, 2.05) is 0 Å². The number of carbonyl (C=O) groups excluding carboxylic acids is 1. The minimum Gasteiger partial charge on any atom is -0.346 e. The standard InChI is InChI=1S/C19H12ClF3N4OS/c20-19(22,23)16-8-13(15-6-3-7-29-15)25-17-9-14(26-27(16)17)18(28)24-10-11-4-1-2-5-12(11)21/h1-9H,10H2,(H,24,28). The van der Waals surface area contributed by atoms with Crippen molar-refractivity contribution in [2.24, 2.45) is 0 Å². The van der Waals surface area contributed by atoms with Crippen LogP contribution in [0.4, 0.5) is 13.2 Å². The summed E-state index contributed by atoms with van der Waals surface area (Å²) in [7, 11) is 0. The fraction of sp³-hybridized carbons (Fsp3) is 0.105. The van der Waals surface area contributed by atoms with E-state index in [0.29, 0.717) is 10.6 Å². The first-order valence-electron chi connectivity index (χ1n) is 8.36. The van der Waals surface area contributed by atoms with E-state index in [4.69, 9.17) is 11.6 Å². The van der Waals surface area contributed by atoms with Gasteiger partial charge in [0.1, 0.15) is 11.5 Å². The average molecular weight is 437 g/mol. The largest absolute Gasteiger partial charge is 0.364 e. The average Bonchev–Trinajstić information content (AvgIpc) is 3.35. The van der Waals surface area contributed by atoms with Gasteiger partial charge in [0.15, 0.2) is 11.3 Å². The summed E-state index contributed by atoms with van der Waals surface area (Å²) in [6.07, 6.45) is 0. The Hall–Kier alpha value is -2.91. The highest BCUT2D eigenvalue weighted by molar-refractivity contribution is 7.13. The van der Waals surface area contributed by atoms with Crippen molar-refractivity contribution in [2.45, 2.75) is 11.9 Å². The van der Waals surface area contributed by atoms with Crippen LogP contribution in [0.5, 0.6) is 0 Å². The number of halogens is 4. The molecular formula is C19H12ClF3N4OS. The zero-order valence-electron chi connectivity index (χ0n) is 14.6. The van der Waals surface area contributed by atoms with E-state index < -0.39 is 22.8 Å². The van der Waals surface area contributed by atoms with E-state index >= 15 is 0 Å². The predicted molar refractivity (Wildman–Crippen MR) is 104 cm³/mol. The van der Waals surface area contributed by atoms with Crippen LogP contribution in [-0.2, 0) is 11.9 Å². The molecule has 0 atom stereocenters. The van der Waals surface area contributed by atoms with Gasteiger partial charge in [0.2, 0.25) is 0 Å². The second kappa shape index (κ2) is 7.49. The molecule has 0 saturated carbocycles. The van der Waals surface area contributed by atoms with Gasteiger partial charge in [-0.1, -0.05) is 24.3 Å². The van der Waals surface area contributed by atoms with Gasteiger partial charge in [0.25, 0.3) is 5.91 Å². The smallest absolute Gasteiger partial charge is 0.346 e. The molecule has 0 unspecified atom stereocenters. The molecule has 3 heterocycles. The van der Waals surface area contributed by atoms with E-state index in [9.17, 15) is 18.0 Å². The lowest BCUT2D eigenvalue weighted by Crippen LogP contribution is -2.24. The molecule has 1 N–H and O–H groups in total. The molecule has 10 heteroatoms. The summed E-state index contributed by atoms with van der Waals surface area (Å²) >= 11 is 6.59. The van der Waals surface area contributed by atoms with Crippen molar-refractivity contribution in [3.05, 3.63) is 76.7 Å². The van der Waals surface area contributed by atoms with Crippen LogP contribution in [0.3, 0.4) is 0 Å². The number of rotatable bonds is 5. The lowest BCUT2D eigenvalue weighted by molar-refractivity contribution is 0.0866. The molecule has 0 aliphatic heterocycles. The zero-order chi connectivity index (χ0) is 20.6. The van der Waals surface area contributed by atoms with Gasteiger partial charge >= 0.3 is 5.38 Å². The summed E-state index contributed by atoms with van der Waals surface area (Å²) < 4.78 is 42.5. The highest BCUT2D eigenvalue weighted by Crippen LogP contribution is 2.35. The molecular weight excluding hydrogens is 425 g/mol. The van der Waals surface area contributed by atoms with E-state index in [2.05, 4.69) is 15.4 Å². The molecule has 0 fully saturated rings. The topological polar surface area (TPSA) is 59.3 Å². The summed E-state index contributed by atoms with van der Waals surface area (Å²) in [4.78, 5) is 17.4. The molecule has 0 bridgehead atoms. The maximum Gasteiger partial charge on any atom is 0.364 e. The van der Waals surface area contributed by atoms with Crippen molar-refractivity contribution in [1.82, 2.24) is 19.9 Å². The summed E-state index contributed by atoms with van der Waals surface area (Å²) in [5, 5.41) is 4.51. The first-order chi connectivity index (χ1) is 13.8. The molecule has 148 valence electrons. The Morgan fingerprint density at radius 3 is 2.69 bits per heavy atom. The van der Waals surface area contributed by atoms with Crippen molar-refractivity contribution >= 4 is 34.5 Å². The molecule has 4 rings (SSSR count). The van der Waals surface area contributed by atoms with Gasteiger partial charge in [-0.2, -0.15) is 13.9 Å². The molecule has 0 saturated heterocycles. The van der Waals surface area contributed by atoms with Crippen molar-refractivity contribution in [2.75, 3.05) is 0 Å². The van der Waals surface area contributed by atoms with Gasteiger partial charge in [-0.05, 0) is 35.2 Å². The first-order valence-corrected chi connectivity index (χ1v) is 9.62. The number of alkyl halides is 3. The van der Waals surface area contributed by atoms with Crippen LogP contribution in [0.25, 0.3) is 16.2 Å². The van der Waals surface area contributed by atoms with Gasteiger partial charge in [-0.15, -0.1) is 11.3 Å². The maximum absolute atomic E-state index is 14.0. The Morgan fingerprint density at radius 1 is 1.21 bits per heavy atom. The van der Waals surface area contributed by atoms with Crippen LogP contribution >= 0.6 is 22.9 Å². The van der Waals surface area contributed by atoms with E-state index in [1.165, 1.54) is 35.6 Å². The summed E-state index contributed by atoms with van der Waals surface area (Å²) in [5.41, 5.74) is -0.126. The molecule has 0 aliphatic carbocycles. The molecule has 0 radical (unpaired) electrons. The van der Waals surface area contributed by atoms with Crippen LogP contribution < -0.4 is 5.32 Å². The minimum atomic E-state index is -3.72. The Labute approximate surface area is 171 Å². The minimum absolute atomic E-state index is 0.0438. The molecule has 29 heavy (non-hydrogen) atoms. The third kappa shape index (κ3) is 3.96. The van der Waals surface area contributed by atoms with Gasteiger partial charge in [0.05, 0.1) is 10.6 Å². The molecule has 0 aliphatic rings. The van der Waals surface area contributed by atoms with Gasteiger partial charge in [0, 0.05) is 18.2 Å². The lowest BCUT2D eigenvalue weighted by Gasteiger charge is -2.11. The SMILES string of the molecule is O=C(NCc1ccccc1F)c1cc2nc(-c3cccs3)cc(C(F)(F)Cl)n2n1. The van der Waals surface area contributed by atoms with Crippen LogP contribution in [0.1, 0.15) is 21.7 Å². The Morgan fingerprint density at radius 2 is 2.00 bits per heavy atom. The third-order valence-electron chi connectivity index (χ3n) is 4.12. The van der Waals surface area contributed by atoms with Crippen LogP contribution in [0.2, 0.25) is 0 Å². The molecule has 1 aromatic carbocycles. The normalized spacial score (nSPS) is 11.7. The van der Waals surface area contributed by atoms with Crippen molar-refractivity contribution < 1.29 is 18.0 Å². The lowest BCUT2D eigenvalue weighted by atomic mass is 10.2. The Bertz CT molecular complexity index is 1190. The summed E-state index contributed by atoms with van der Waals surface area (Å²) in [5.74, 6) is -1.12. The number of nitrogens with one attached hydrogen (secondary N) is 1. The van der Waals surface area contributed by atoms with E-state index in [-0.39, 0.29) is 23.4 Å². The van der Waals surface area contributed by atoms with Crippen LogP contribution in [0, 0.1) is 5.82 Å². The summed E-state index contributed by atoms with van der Waals surface area (Å²) in [6, 6.07) is 11.9. The van der Waals surface area contributed by atoms with Crippen molar-refractivity contribution in [3.8, 4) is 10.6 Å². The number of carbonyl (C=O) groups is 1. The van der Waals surface area contributed by atoms with Gasteiger partial charge < -0.3 is 5.32 Å². The van der Waals surface area contributed by atoms with Crippen molar-refractivity contribution in [3.63, 3.8) is 0 Å². The Balaban J connectivity index is 1.69. The number of amides is 1. The van der Waals surface area contributed by atoms with E-state index in [1.54, 1.807) is 23.6 Å². The number of thiophene rings is 1. The monoisotopic (exact) mass is 436 g/mol. The first kappa shape index (κ1) is 19.4. The highest BCUT2D eigenvalue weighted by atomic mass is 35.5. The van der Waals surface area contributed by atoms with Crippen LogP contribution in [0.15, 0.2) is 53.9 Å². The number of nitrogens with zero attached hydrogens (tertiary/aromatic N) is 3. The number of benzene rings is 1. The van der Waals surface area contributed by atoms with Gasteiger partial charge in [-0.25, -0.2) is 13.9 Å². The second-order valence-corrected chi connectivity index (χ2v) is 7.50. The summed E-state index contributed by atoms with van der Waals surface area (Å²) in [6.45, 7) is -0.0776. The van der Waals surface area contributed by atoms with Crippen molar-refractivity contribution in [1.29, 1.82) is 0 Å².